The third kappa shape index (κ3) is 3.37. The fourth-order valence-corrected chi connectivity index (χ4v) is 0.741. The zero-order chi connectivity index (χ0) is 9.72. The van der Waals surface area contributed by atoms with Gasteiger partial charge in [-0.05, 0) is 13.8 Å². The fourth-order valence-electron chi connectivity index (χ4n) is 0.741. The molecule has 0 aromatic carbocycles. The van der Waals surface area contributed by atoms with Gasteiger partial charge in [0.2, 0.25) is 0 Å². The Kier molecular flexibility index (Phi) is 4.33. The number of hydrogen-bond donors (Lipinski definition) is 0. The molecule has 0 aliphatic carbocycles. The summed E-state index contributed by atoms with van der Waals surface area (Å²) in [6.45, 7) is 4.61. The highest BCUT2D eigenvalue weighted by Crippen LogP contribution is 2.08. The summed E-state index contributed by atoms with van der Waals surface area (Å²) in [6, 6.07) is 0. The normalized spacial score (nSPS) is 14.7. The van der Waals surface area contributed by atoms with Crippen molar-refractivity contribution in [3.05, 3.63) is 0 Å². The summed E-state index contributed by atoms with van der Waals surface area (Å²) in [5.74, 6) is -1.18. The number of carbonyl (C=O) groups excluding carboxylic acids is 2. The Balaban J connectivity index is 4.00. The molecule has 0 fully saturated rings. The zero-order valence-corrected chi connectivity index (χ0v) is 7.79. The maximum absolute atomic E-state index is 10.9. The van der Waals surface area contributed by atoms with E-state index in [2.05, 4.69) is 4.74 Å². The van der Waals surface area contributed by atoms with Gasteiger partial charge in [-0.15, -0.1) is 0 Å². The molecule has 0 aliphatic rings. The van der Waals surface area contributed by atoms with Crippen molar-refractivity contribution in [3.8, 4) is 0 Å². The minimum atomic E-state index is -0.435. The lowest BCUT2D eigenvalue weighted by Crippen LogP contribution is -2.28. The molecule has 0 aromatic heterocycles. The van der Waals surface area contributed by atoms with Gasteiger partial charge in [-0.25, -0.2) is 0 Å². The molecule has 4 nitrogen and oxygen atoms in total. The van der Waals surface area contributed by atoms with E-state index in [4.69, 9.17) is 4.74 Å². The van der Waals surface area contributed by atoms with E-state index in [0.717, 1.165) is 0 Å². The molecule has 1 unspecified atom stereocenters. The second-order valence-corrected chi connectivity index (χ2v) is 2.63. The molecule has 0 heterocycles. The fraction of sp³-hybridized carbons (Fsp3) is 0.750. The Hall–Kier alpha value is -1.06. The van der Waals surface area contributed by atoms with Crippen LogP contribution in [-0.4, -0.2) is 25.2 Å². The van der Waals surface area contributed by atoms with Crippen LogP contribution < -0.4 is 0 Å². The summed E-state index contributed by atoms with van der Waals surface area (Å²) in [5.41, 5.74) is 0. The lowest BCUT2D eigenvalue weighted by atomic mass is 10.1. The summed E-state index contributed by atoms with van der Waals surface area (Å²) in [7, 11) is 1.30. The van der Waals surface area contributed by atoms with E-state index in [9.17, 15) is 9.59 Å². The first-order valence-corrected chi connectivity index (χ1v) is 3.74. The highest BCUT2D eigenvalue weighted by molar-refractivity contribution is 5.73. The molecule has 0 amide bonds. The Morgan fingerprint density at radius 1 is 1.25 bits per heavy atom. The van der Waals surface area contributed by atoms with Crippen molar-refractivity contribution in [3.63, 3.8) is 0 Å². The summed E-state index contributed by atoms with van der Waals surface area (Å²) in [5, 5.41) is 0. The Morgan fingerprint density at radius 3 is 2.08 bits per heavy atom. The number of methoxy groups -OCH3 is 1. The van der Waals surface area contributed by atoms with Crippen molar-refractivity contribution >= 4 is 11.9 Å². The highest BCUT2D eigenvalue weighted by atomic mass is 16.6. The summed E-state index contributed by atoms with van der Waals surface area (Å²) < 4.78 is 9.28. The predicted octanol–water partition coefficient (Wildman–Crippen LogP) is 0.747. The molecule has 0 N–H and O–H groups in total. The van der Waals surface area contributed by atoms with Gasteiger partial charge in [-0.2, -0.15) is 0 Å². The van der Waals surface area contributed by atoms with Gasteiger partial charge in [-0.3, -0.25) is 9.59 Å². The van der Waals surface area contributed by atoms with Crippen LogP contribution in [0.5, 0.6) is 0 Å². The predicted molar refractivity (Wildman–Crippen MR) is 42.4 cm³/mol. The average molecular weight is 174 g/mol. The molecule has 0 rings (SSSR count). The van der Waals surface area contributed by atoms with Crippen LogP contribution in [0.25, 0.3) is 0 Å². The highest BCUT2D eigenvalue weighted by Gasteiger charge is 2.22. The van der Waals surface area contributed by atoms with Crippen LogP contribution in [0.3, 0.4) is 0 Å². The third-order valence-corrected chi connectivity index (χ3v) is 1.63. The minimum Gasteiger partial charge on any atom is -0.469 e. The van der Waals surface area contributed by atoms with Gasteiger partial charge in [0, 0.05) is 6.92 Å². The molecule has 12 heavy (non-hydrogen) atoms. The maximum Gasteiger partial charge on any atom is 0.312 e. The molecule has 0 aromatic rings. The molecular weight excluding hydrogens is 160 g/mol. The van der Waals surface area contributed by atoms with Crippen molar-refractivity contribution in [2.24, 2.45) is 5.92 Å². The first kappa shape index (κ1) is 10.9. The smallest absolute Gasteiger partial charge is 0.312 e. The Morgan fingerprint density at radius 2 is 1.75 bits per heavy atom. The molecule has 4 heteroatoms. The molecule has 70 valence electrons. The third-order valence-electron chi connectivity index (χ3n) is 1.63. The zero-order valence-electron chi connectivity index (χ0n) is 7.79. The number of rotatable bonds is 3. The van der Waals surface area contributed by atoms with E-state index >= 15 is 0 Å². The van der Waals surface area contributed by atoms with E-state index < -0.39 is 18.0 Å². The second kappa shape index (κ2) is 4.74. The van der Waals surface area contributed by atoms with E-state index in [1.54, 1.807) is 13.8 Å². The SMILES string of the molecule is COC(=O)[C@H](C)C(C)OC(C)=O. The monoisotopic (exact) mass is 174 g/mol. The quantitative estimate of drug-likeness (QED) is 0.592. The largest absolute Gasteiger partial charge is 0.469 e. The Bertz CT molecular complexity index is 176. The lowest BCUT2D eigenvalue weighted by Gasteiger charge is -2.16. The van der Waals surface area contributed by atoms with E-state index in [0.29, 0.717) is 0 Å². The summed E-state index contributed by atoms with van der Waals surface area (Å²) >= 11 is 0. The lowest BCUT2D eigenvalue weighted by molar-refractivity contribution is -0.156. The van der Waals surface area contributed by atoms with Gasteiger partial charge in [0.15, 0.2) is 0 Å². The van der Waals surface area contributed by atoms with Gasteiger partial charge in [0.25, 0.3) is 0 Å². The topological polar surface area (TPSA) is 52.6 Å². The van der Waals surface area contributed by atoms with Gasteiger partial charge < -0.3 is 9.47 Å². The van der Waals surface area contributed by atoms with Crippen molar-refractivity contribution in [1.82, 2.24) is 0 Å². The van der Waals surface area contributed by atoms with Gasteiger partial charge >= 0.3 is 11.9 Å². The number of hydrogen-bond acceptors (Lipinski definition) is 4. The van der Waals surface area contributed by atoms with Crippen molar-refractivity contribution in [2.75, 3.05) is 7.11 Å². The average Bonchev–Trinajstić information content (AvgIpc) is 2.00. The van der Waals surface area contributed by atoms with Crippen molar-refractivity contribution in [2.45, 2.75) is 26.9 Å². The summed E-state index contributed by atoms with van der Waals surface area (Å²) in [6.07, 6.45) is -0.435. The molecule has 0 bridgehead atoms. The molecule has 0 aliphatic heterocycles. The first-order valence-electron chi connectivity index (χ1n) is 3.74. The minimum absolute atomic E-state index is 0.372. The second-order valence-electron chi connectivity index (χ2n) is 2.63. The number of esters is 2. The van der Waals surface area contributed by atoms with Gasteiger partial charge in [0.05, 0.1) is 13.0 Å². The van der Waals surface area contributed by atoms with Crippen LogP contribution in [0, 0.1) is 5.92 Å². The van der Waals surface area contributed by atoms with Crippen LogP contribution in [-0.2, 0) is 19.1 Å². The van der Waals surface area contributed by atoms with Crippen LogP contribution in [0.4, 0.5) is 0 Å². The van der Waals surface area contributed by atoms with Gasteiger partial charge in [0.1, 0.15) is 6.10 Å². The Labute approximate surface area is 71.8 Å². The molecule has 0 spiro atoms. The molecule has 0 radical (unpaired) electrons. The van der Waals surface area contributed by atoms with Crippen LogP contribution >= 0.6 is 0 Å². The first-order chi connectivity index (χ1) is 5.49. The maximum atomic E-state index is 10.9. The van der Waals surface area contributed by atoms with Gasteiger partial charge in [-0.1, -0.05) is 0 Å². The molecule has 2 atom stereocenters. The summed E-state index contributed by atoms with van der Waals surface area (Å²) in [4.78, 5) is 21.4. The van der Waals surface area contributed by atoms with Crippen molar-refractivity contribution < 1.29 is 19.1 Å². The van der Waals surface area contributed by atoms with Crippen LogP contribution in [0.15, 0.2) is 0 Å². The molecular formula is C8H14O4. The van der Waals surface area contributed by atoms with Crippen LogP contribution in [0.2, 0.25) is 0 Å². The molecule has 0 saturated carbocycles. The standard InChI is InChI=1S/C8H14O4/c1-5(8(10)11-4)6(2)12-7(3)9/h5-6H,1-4H3/t5-,6?/m1/s1. The van der Waals surface area contributed by atoms with Crippen molar-refractivity contribution in [1.29, 1.82) is 0 Å². The van der Waals surface area contributed by atoms with E-state index in [1.165, 1.54) is 14.0 Å². The van der Waals surface area contributed by atoms with Crippen LogP contribution in [0.1, 0.15) is 20.8 Å². The molecule has 0 saturated heterocycles. The number of carbonyl (C=O) groups is 2. The number of ether oxygens (including phenoxy) is 2. The van der Waals surface area contributed by atoms with E-state index in [1.807, 2.05) is 0 Å². The van der Waals surface area contributed by atoms with E-state index in [-0.39, 0.29) is 5.97 Å².